The van der Waals surface area contributed by atoms with E-state index >= 15 is 0 Å². The van der Waals surface area contributed by atoms with Gasteiger partial charge in [0.2, 0.25) is 11.8 Å². The van der Waals surface area contributed by atoms with Gasteiger partial charge in [-0.25, -0.2) is 0 Å². The van der Waals surface area contributed by atoms with Crippen LogP contribution in [0.25, 0.3) is 0 Å². The minimum atomic E-state index is -1.01. The molecule has 3 aromatic rings. The summed E-state index contributed by atoms with van der Waals surface area (Å²) in [5.41, 5.74) is 2.03. The number of amides is 3. The number of hydrogen-bond acceptors (Lipinski definition) is 4. The van der Waals surface area contributed by atoms with Crippen LogP contribution in [-0.2, 0) is 15.0 Å². The van der Waals surface area contributed by atoms with Gasteiger partial charge < -0.3 is 24.4 Å². The molecule has 8 heteroatoms. The predicted octanol–water partition coefficient (Wildman–Crippen LogP) is 3.84. The maximum Gasteiger partial charge on any atom is 0.271 e. The molecule has 6 rings (SSSR count). The summed E-state index contributed by atoms with van der Waals surface area (Å²) >= 11 is 0. The van der Waals surface area contributed by atoms with Crippen molar-refractivity contribution in [2.45, 2.75) is 44.2 Å². The fourth-order valence-corrected chi connectivity index (χ4v) is 6.36. The number of para-hydroxylation sites is 1. The van der Waals surface area contributed by atoms with Crippen LogP contribution in [-0.4, -0.2) is 53.4 Å². The Morgan fingerprint density at radius 3 is 2.76 bits per heavy atom. The molecule has 1 saturated heterocycles. The second-order valence-corrected chi connectivity index (χ2v) is 10.5. The van der Waals surface area contributed by atoms with Crippen molar-refractivity contribution in [1.29, 1.82) is 0 Å². The molecule has 0 unspecified atom stereocenters. The summed E-state index contributed by atoms with van der Waals surface area (Å²) in [4.78, 5) is 45.0. The molecular weight excluding hydrogens is 480 g/mol. The number of nitrogens with zero attached hydrogens (tertiary/aromatic N) is 3. The summed E-state index contributed by atoms with van der Waals surface area (Å²) < 4.78 is 7.98. The molecule has 2 atom stereocenters. The third-order valence-electron chi connectivity index (χ3n) is 8.03. The second kappa shape index (κ2) is 9.35. The van der Waals surface area contributed by atoms with Gasteiger partial charge >= 0.3 is 0 Å². The molecule has 2 aromatic carbocycles. The predicted molar refractivity (Wildman–Crippen MR) is 143 cm³/mol. The standard InChI is InChI=1S/C30H32N4O4/c1-20(2)32-15-6-12-25(32)28(36)33-16-13-30-23-10-3-4-11-24(23)34(29(30)37)19-26(35)31-14-7-17-38-22-9-5-8-21(18-22)27(30)33/h3-6,8-12,15,18,20,27H,7,13-14,16-17,19H2,1-2H3,(H,31,35)/t27-,30+/m0/s1. The maximum atomic E-state index is 14.5. The van der Waals surface area contributed by atoms with Crippen LogP contribution in [0.15, 0.2) is 66.9 Å². The van der Waals surface area contributed by atoms with E-state index in [1.54, 1.807) is 4.90 Å². The highest BCUT2D eigenvalue weighted by Gasteiger charge is 2.62. The number of carbonyl (C=O) groups excluding carboxylic acids is 3. The minimum absolute atomic E-state index is 0.0602. The van der Waals surface area contributed by atoms with Gasteiger partial charge in [-0.1, -0.05) is 30.3 Å². The van der Waals surface area contributed by atoms with E-state index in [2.05, 4.69) is 5.32 Å². The Balaban J connectivity index is 1.54. The highest BCUT2D eigenvalue weighted by atomic mass is 16.5. The quantitative estimate of drug-likeness (QED) is 0.566. The lowest BCUT2D eigenvalue weighted by molar-refractivity contribution is -0.127. The van der Waals surface area contributed by atoms with Crippen molar-refractivity contribution in [3.8, 4) is 5.75 Å². The molecule has 38 heavy (non-hydrogen) atoms. The first kappa shape index (κ1) is 24.3. The summed E-state index contributed by atoms with van der Waals surface area (Å²) in [6.45, 7) is 5.36. The Bertz CT molecular complexity index is 1410. The van der Waals surface area contributed by atoms with Gasteiger partial charge in [-0.05, 0) is 68.1 Å². The van der Waals surface area contributed by atoms with Crippen LogP contribution in [0.2, 0.25) is 0 Å². The normalized spacial score (nSPS) is 23.0. The van der Waals surface area contributed by atoms with Crippen molar-refractivity contribution >= 4 is 23.4 Å². The fraction of sp³-hybridized carbons (Fsp3) is 0.367. The van der Waals surface area contributed by atoms with Crippen molar-refractivity contribution in [1.82, 2.24) is 14.8 Å². The number of benzene rings is 2. The van der Waals surface area contributed by atoms with E-state index in [9.17, 15) is 14.4 Å². The van der Waals surface area contributed by atoms with Crippen molar-refractivity contribution in [3.05, 3.63) is 83.7 Å². The first-order valence-corrected chi connectivity index (χ1v) is 13.3. The zero-order valence-corrected chi connectivity index (χ0v) is 21.7. The van der Waals surface area contributed by atoms with Crippen LogP contribution in [0.3, 0.4) is 0 Å². The van der Waals surface area contributed by atoms with E-state index < -0.39 is 11.5 Å². The van der Waals surface area contributed by atoms with Gasteiger partial charge in [0, 0.05) is 31.0 Å². The van der Waals surface area contributed by atoms with Gasteiger partial charge in [0.15, 0.2) is 0 Å². The van der Waals surface area contributed by atoms with Crippen molar-refractivity contribution in [3.63, 3.8) is 0 Å². The van der Waals surface area contributed by atoms with Crippen LogP contribution in [0.1, 0.15) is 60.4 Å². The molecule has 1 aromatic heterocycles. The van der Waals surface area contributed by atoms with Crippen LogP contribution >= 0.6 is 0 Å². The molecule has 3 aliphatic rings. The summed E-state index contributed by atoms with van der Waals surface area (Å²) in [5.74, 6) is 0.218. The molecule has 1 N–H and O–H groups in total. The number of fused-ring (bicyclic) bond motifs is 6. The number of aromatic nitrogens is 1. The molecule has 4 heterocycles. The molecule has 0 aliphatic carbocycles. The first-order chi connectivity index (χ1) is 18.4. The van der Waals surface area contributed by atoms with E-state index in [1.807, 2.05) is 90.2 Å². The van der Waals surface area contributed by atoms with Gasteiger partial charge in [-0.15, -0.1) is 0 Å². The highest BCUT2D eigenvalue weighted by Crippen LogP contribution is 2.57. The largest absolute Gasteiger partial charge is 0.494 e. The van der Waals surface area contributed by atoms with Crippen LogP contribution in [0.5, 0.6) is 5.75 Å². The summed E-state index contributed by atoms with van der Waals surface area (Å²) in [7, 11) is 0. The van der Waals surface area contributed by atoms with E-state index in [4.69, 9.17) is 4.74 Å². The van der Waals surface area contributed by atoms with Crippen molar-refractivity contribution in [2.24, 2.45) is 0 Å². The summed E-state index contributed by atoms with van der Waals surface area (Å²) in [6, 6.07) is 18.7. The fourth-order valence-electron chi connectivity index (χ4n) is 6.36. The molecule has 4 bridgehead atoms. The minimum Gasteiger partial charge on any atom is -0.494 e. The van der Waals surface area contributed by atoms with Crippen molar-refractivity contribution < 1.29 is 19.1 Å². The molecular formula is C30H32N4O4. The Kier molecular flexibility index (Phi) is 5.97. The smallest absolute Gasteiger partial charge is 0.271 e. The van der Waals surface area contributed by atoms with Gasteiger partial charge in [-0.3, -0.25) is 14.4 Å². The maximum absolute atomic E-state index is 14.5. The molecule has 0 radical (unpaired) electrons. The lowest BCUT2D eigenvalue weighted by Gasteiger charge is -2.35. The molecule has 8 nitrogen and oxygen atoms in total. The average Bonchev–Trinajstić information content (AvgIpc) is 3.62. The first-order valence-electron chi connectivity index (χ1n) is 13.3. The third-order valence-corrected chi connectivity index (χ3v) is 8.03. The Hall–Kier alpha value is -4.07. The Morgan fingerprint density at radius 2 is 1.92 bits per heavy atom. The number of carbonyl (C=O) groups is 3. The Morgan fingerprint density at radius 1 is 1.08 bits per heavy atom. The Labute approximate surface area is 222 Å². The molecule has 1 fully saturated rings. The van der Waals surface area contributed by atoms with Crippen LogP contribution in [0, 0.1) is 0 Å². The van der Waals surface area contributed by atoms with E-state index in [1.165, 1.54) is 0 Å². The van der Waals surface area contributed by atoms with Crippen LogP contribution in [0.4, 0.5) is 5.69 Å². The highest BCUT2D eigenvalue weighted by molar-refractivity contribution is 6.12. The lowest BCUT2D eigenvalue weighted by Crippen LogP contribution is -2.48. The number of hydrogen-bond donors (Lipinski definition) is 1. The number of anilines is 1. The summed E-state index contributed by atoms with van der Waals surface area (Å²) in [5, 5.41) is 2.92. The number of ether oxygens (including phenoxy) is 1. The monoisotopic (exact) mass is 512 g/mol. The summed E-state index contributed by atoms with van der Waals surface area (Å²) in [6.07, 6.45) is 3.03. The third kappa shape index (κ3) is 3.69. The topological polar surface area (TPSA) is 83.9 Å². The number of likely N-dealkylation sites (tertiary alicyclic amines) is 1. The zero-order valence-electron chi connectivity index (χ0n) is 21.7. The second-order valence-electron chi connectivity index (χ2n) is 10.5. The van der Waals surface area contributed by atoms with Gasteiger partial charge in [0.25, 0.3) is 5.91 Å². The lowest BCUT2D eigenvalue weighted by atomic mass is 9.72. The molecule has 0 saturated carbocycles. The van der Waals surface area contributed by atoms with Gasteiger partial charge in [0.05, 0.1) is 12.6 Å². The van der Waals surface area contributed by atoms with Crippen LogP contribution < -0.4 is 15.0 Å². The van der Waals surface area contributed by atoms with Crippen molar-refractivity contribution in [2.75, 3.05) is 31.1 Å². The number of rotatable bonds is 2. The van der Waals surface area contributed by atoms with E-state index in [0.717, 1.165) is 16.8 Å². The molecule has 1 spiro atoms. The average molecular weight is 513 g/mol. The number of nitrogens with one attached hydrogen (secondary N) is 1. The molecule has 3 aliphatic heterocycles. The SMILES string of the molecule is CC(C)n1cccc1C(=O)N1CC[C@]23C(=O)N(CC(=O)NCCCOc4cccc(c4)[C@H]12)c1ccccc13. The van der Waals surface area contributed by atoms with E-state index in [0.29, 0.717) is 44.0 Å². The van der Waals surface area contributed by atoms with Gasteiger partial charge in [-0.2, -0.15) is 0 Å². The molecule has 196 valence electrons. The zero-order chi connectivity index (χ0) is 26.4. The van der Waals surface area contributed by atoms with E-state index in [-0.39, 0.29) is 30.3 Å². The molecule has 3 amide bonds. The van der Waals surface area contributed by atoms with Gasteiger partial charge in [0.1, 0.15) is 23.4 Å².